The highest BCUT2D eigenvalue weighted by Crippen LogP contribution is 2.32. The van der Waals surface area contributed by atoms with E-state index in [0.717, 1.165) is 22.4 Å². The number of nitrogens with two attached hydrogens (primary N) is 2. The van der Waals surface area contributed by atoms with Crippen LogP contribution < -0.4 is 16.2 Å². The molecule has 136 valence electrons. The standard InChI is InChI=1S/C21H24FN3O/c1-3-15-7-6-14(11-18(15)22)13-25-10-4-5-19(23)21(25)17-9-8-16(26-2)12-20(17)24/h4-9,11-12H,3,10,13,23-24H2,1-2H3. The number of rotatable bonds is 5. The molecule has 4 nitrogen and oxygen atoms in total. The molecule has 0 saturated heterocycles. The number of allylic oxidation sites excluding steroid dienone is 1. The Morgan fingerprint density at radius 1 is 1.15 bits per heavy atom. The van der Waals surface area contributed by atoms with Gasteiger partial charge in [-0.2, -0.15) is 0 Å². The Morgan fingerprint density at radius 2 is 1.96 bits per heavy atom. The lowest BCUT2D eigenvalue weighted by Crippen LogP contribution is -2.27. The molecule has 0 radical (unpaired) electrons. The zero-order chi connectivity index (χ0) is 18.7. The molecule has 0 bridgehead atoms. The predicted octanol–water partition coefficient (Wildman–Crippen LogP) is 3.68. The maximum Gasteiger partial charge on any atom is 0.126 e. The van der Waals surface area contributed by atoms with Crippen molar-refractivity contribution < 1.29 is 9.13 Å². The van der Waals surface area contributed by atoms with E-state index in [-0.39, 0.29) is 5.82 Å². The Morgan fingerprint density at radius 3 is 2.62 bits per heavy atom. The van der Waals surface area contributed by atoms with Gasteiger partial charge in [-0.05, 0) is 41.8 Å². The molecule has 1 aliphatic rings. The summed E-state index contributed by atoms with van der Waals surface area (Å²) in [6, 6.07) is 11.0. The molecule has 0 fully saturated rings. The van der Waals surface area contributed by atoms with Gasteiger partial charge in [0.15, 0.2) is 0 Å². The van der Waals surface area contributed by atoms with E-state index in [1.54, 1.807) is 19.2 Å². The fraction of sp³-hybridized carbons (Fsp3) is 0.238. The Bertz CT molecular complexity index is 874. The first kappa shape index (κ1) is 17.9. The minimum absolute atomic E-state index is 0.167. The lowest BCUT2D eigenvalue weighted by Gasteiger charge is -2.31. The molecule has 0 atom stereocenters. The number of hydrogen-bond acceptors (Lipinski definition) is 4. The highest BCUT2D eigenvalue weighted by molar-refractivity contribution is 5.78. The molecular formula is C21H24FN3O. The van der Waals surface area contributed by atoms with Crippen molar-refractivity contribution in [3.8, 4) is 5.75 Å². The summed E-state index contributed by atoms with van der Waals surface area (Å²) < 4.78 is 19.4. The summed E-state index contributed by atoms with van der Waals surface area (Å²) >= 11 is 0. The average molecular weight is 353 g/mol. The molecule has 0 aliphatic carbocycles. The van der Waals surface area contributed by atoms with Gasteiger partial charge in [0.1, 0.15) is 11.6 Å². The van der Waals surface area contributed by atoms with Crippen LogP contribution in [0.1, 0.15) is 23.6 Å². The highest BCUT2D eigenvalue weighted by Gasteiger charge is 2.20. The van der Waals surface area contributed by atoms with Gasteiger partial charge < -0.3 is 21.1 Å². The van der Waals surface area contributed by atoms with Crippen LogP contribution in [0.15, 0.2) is 54.2 Å². The van der Waals surface area contributed by atoms with E-state index >= 15 is 0 Å². The summed E-state index contributed by atoms with van der Waals surface area (Å²) in [5.74, 6) is 0.528. The molecule has 0 saturated carbocycles. The molecule has 1 heterocycles. The van der Waals surface area contributed by atoms with Gasteiger partial charge in [-0.1, -0.05) is 25.1 Å². The Hall–Kier alpha value is -2.95. The van der Waals surface area contributed by atoms with Crippen molar-refractivity contribution in [3.05, 3.63) is 76.8 Å². The first-order chi connectivity index (χ1) is 12.5. The molecule has 0 aromatic heterocycles. The van der Waals surface area contributed by atoms with E-state index in [0.29, 0.717) is 36.6 Å². The van der Waals surface area contributed by atoms with Gasteiger partial charge >= 0.3 is 0 Å². The number of aryl methyl sites for hydroxylation is 1. The quantitative estimate of drug-likeness (QED) is 0.805. The average Bonchev–Trinajstić information content (AvgIpc) is 2.63. The van der Waals surface area contributed by atoms with E-state index in [4.69, 9.17) is 16.2 Å². The Balaban J connectivity index is 1.94. The second-order valence-corrected chi connectivity index (χ2v) is 6.32. The zero-order valence-electron chi connectivity index (χ0n) is 15.1. The topological polar surface area (TPSA) is 64.5 Å². The normalized spacial score (nSPS) is 14.0. The molecule has 26 heavy (non-hydrogen) atoms. The van der Waals surface area contributed by atoms with Crippen LogP contribution in [0, 0.1) is 5.82 Å². The number of nitrogen functional groups attached to an aromatic ring is 1. The van der Waals surface area contributed by atoms with Gasteiger partial charge in [-0.3, -0.25) is 0 Å². The van der Waals surface area contributed by atoms with Crippen molar-refractivity contribution in [2.75, 3.05) is 19.4 Å². The van der Waals surface area contributed by atoms with Crippen LogP contribution in [0.25, 0.3) is 5.70 Å². The Labute approximate surface area is 153 Å². The predicted molar refractivity (Wildman–Crippen MR) is 104 cm³/mol. The van der Waals surface area contributed by atoms with Gasteiger partial charge in [0, 0.05) is 30.4 Å². The first-order valence-electron chi connectivity index (χ1n) is 8.66. The third-order valence-electron chi connectivity index (χ3n) is 4.60. The highest BCUT2D eigenvalue weighted by atomic mass is 19.1. The second kappa shape index (κ2) is 7.52. The van der Waals surface area contributed by atoms with Crippen LogP contribution >= 0.6 is 0 Å². The van der Waals surface area contributed by atoms with Gasteiger partial charge in [0.25, 0.3) is 0 Å². The number of hydrogen-bond donors (Lipinski definition) is 2. The van der Waals surface area contributed by atoms with E-state index in [1.165, 1.54) is 0 Å². The fourth-order valence-electron chi connectivity index (χ4n) is 3.21. The number of methoxy groups -OCH3 is 1. The molecule has 0 spiro atoms. The van der Waals surface area contributed by atoms with Crippen molar-refractivity contribution in [3.63, 3.8) is 0 Å². The fourth-order valence-corrected chi connectivity index (χ4v) is 3.21. The summed E-state index contributed by atoms with van der Waals surface area (Å²) in [5, 5.41) is 0. The van der Waals surface area contributed by atoms with Crippen molar-refractivity contribution in [2.24, 2.45) is 5.73 Å². The lowest BCUT2D eigenvalue weighted by atomic mass is 10.0. The van der Waals surface area contributed by atoms with E-state index in [1.807, 2.05) is 43.3 Å². The van der Waals surface area contributed by atoms with Crippen molar-refractivity contribution in [1.29, 1.82) is 0 Å². The third-order valence-corrected chi connectivity index (χ3v) is 4.60. The van der Waals surface area contributed by atoms with E-state index < -0.39 is 0 Å². The van der Waals surface area contributed by atoms with E-state index in [9.17, 15) is 4.39 Å². The number of benzene rings is 2. The molecule has 0 amide bonds. The molecule has 5 heteroatoms. The first-order valence-corrected chi connectivity index (χ1v) is 8.66. The summed E-state index contributed by atoms with van der Waals surface area (Å²) in [7, 11) is 1.60. The summed E-state index contributed by atoms with van der Waals surface area (Å²) in [6.07, 6.45) is 4.56. The number of anilines is 1. The molecule has 3 rings (SSSR count). The zero-order valence-corrected chi connectivity index (χ0v) is 15.1. The van der Waals surface area contributed by atoms with Crippen molar-refractivity contribution >= 4 is 11.4 Å². The van der Waals surface area contributed by atoms with Crippen LogP contribution in [0.4, 0.5) is 10.1 Å². The van der Waals surface area contributed by atoms with Crippen LogP contribution in [-0.2, 0) is 13.0 Å². The van der Waals surface area contributed by atoms with Crippen LogP contribution in [0.2, 0.25) is 0 Å². The van der Waals surface area contributed by atoms with Crippen LogP contribution in [0.3, 0.4) is 0 Å². The lowest BCUT2D eigenvalue weighted by molar-refractivity contribution is 0.414. The molecule has 0 unspecified atom stereocenters. The Kier molecular flexibility index (Phi) is 5.16. The largest absolute Gasteiger partial charge is 0.497 e. The molecule has 2 aromatic carbocycles. The number of halogens is 1. The monoisotopic (exact) mass is 353 g/mol. The number of nitrogens with zero attached hydrogens (tertiary/aromatic N) is 1. The van der Waals surface area contributed by atoms with Gasteiger partial charge in [0.2, 0.25) is 0 Å². The smallest absolute Gasteiger partial charge is 0.126 e. The summed E-state index contributed by atoms with van der Waals surface area (Å²) in [4.78, 5) is 2.11. The SMILES string of the molecule is CCc1ccc(CN2CC=CC(N)=C2c2ccc(OC)cc2N)cc1F. The summed E-state index contributed by atoms with van der Waals surface area (Å²) in [6.45, 7) is 3.17. The molecule has 4 N–H and O–H groups in total. The van der Waals surface area contributed by atoms with E-state index in [2.05, 4.69) is 4.90 Å². The molecule has 2 aromatic rings. The third kappa shape index (κ3) is 3.52. The van der Waals surface area contributed by atoms with Gasteiger partial charge in [0.05, 0.1) is 18.5 Å². The number of ether oxygens (including phenoxy) is 1. The van der Waals surface area contributed by atoms with Crippen LogP contribution in [-0.4, -0.2) is 18.6 Å². The van der Waals surface area contributed by atoms with Crippen molar-refractivity contribution in [2.45, 2.75) is 19.9 Å². The minimum Gasteiger partial charge on any atom is -0.497 e. The molecular weight excluding hydrogens is 329 g/mol. The van der Waals surface area contributed by atoms with Gasteiger partial charge in [-0.15, -0.1) is 0 Å². The molecule has 1 aliphatic heterocycles. The maximum atomic E-state index is 14.1. The van der Waals surface area contributed by atoms with Crippen molar-refractivity contribution in [1.82, 2.24) is 4.90 Å². The summed E-state index contributed by atoms with van der Waals surface area (Å²) in [5.41, 5.74) is 17.0. The second-order valence-electron chi connectivity index (χ2n) is 6.32. The van der Waals surface area contributed by atoms with Crippen LogP contribution in [0.5, 0.6) is 5.75 Å². The van der Waals surface area contributed by atoms with Gasteiger partial charge in [-0.25, -0.2) is 4.39 Å². The minimum atomic E-state index is -0.167. The maximum absolute atomic E-state index is 14.1.